The van der Waals surface area contributed by atoms with E-state index < -0.39 is 11.4 Å². The van der Waals surface area contributed by atoms with Crippen molar-refractivity contribution in [1.29, 1.82) is 0 Å². The maximum absolute atomic E-state index is 13.6. The van der Waals surface area contributed by atoms with Gasteiger partial charge in [0.15, 0.2) is 11.6 Å². The number of amides is 1. The van der Waals surface area contributed by atoms with Gasteiger partial charge >= 0.3 is 0 Å². The number of rotatable bonds is 5. The molecule has 0 fully saturated rings. The summed E-state index contributed by atoms with van der Waals surface area (Å²) in [7, 11) is 2.98. The fraction of sp³-hybridized carbons (Fsp3) is 0.500. The van der Waals surface area contributed by atoms with Gasteiger partial charge in [0.05, 0.1) is 12.6 Å². The van der Waals surface area contributed by atoms with Gasteiger partial charge in [-0.3, -0.25) is 4.79 Å². The summed E-state index contributed by atoms with van der Waals surface area (Å²) in [5.41, 5.74) is 5.50. The number of benzene rings is 1. The highest BCUT2D eigenvalue weighted by atomic mass is 35.5. The maximum Gasteiger partial charge on any atom is 0.246 e. The summed E-state index contributed by atoms with van der Waals surface area (Å²) in [4.78, 5) is 13.6. The molecule has 0 spiro atoms. The van der Waals surface area contributed by atoms with Crippen LogP contribution in [0.2, 0.25) is 0 Å². The summed E-state index contributed by atoms with van der Waals surface area (Å²) in [5, 5.41) is 0. The molecule has 1 aromatic carbocycles. The Kier molecular flexibility index (Phi) is 6.96. The Balaban J connectivity index is 0.00000361. The minimum absolute atomic E-state index is 0. The minimum Gasteiger partial charge on any atom is -0.494 e. The minimum atomic E-state index is -0.945. The van der Waals surface area contributed by atoms with Crippen molar-refractivity contribution in [1.82, 2.24) is 0 Å². The average molecular weight is 305 g/mol. The van der Waals surface area contributed by atoms with Gasteiger partial charge in [0.1, 0.15) is 0 Å². The van der Waals surface area contributed by atoms with Crippen molar-refractivity contribution in [2.24, 2.45) is 5.73 Å². The van der Waals surface area contributed by atoms with Crippen molar-refractivity contribution in [3.05, 3.63) is 24.0 Å². The maximum atomic E-state index is 13.6. The van der Waals surface area contributed by atoms with Crippen molar-refractivity contribution < 1.29 is 13.9 Å². The van der Waals surface area contributed by atoms with E-state index in [0.717, 1.165) is 6.42 Å². The Bertz CT molecular complexity index is 466. The number of nitrogens with two attached hydrogens (primary N) is 1. The number of carbonyl (C=O) groups is 1. The van der Waals surface area contributed by atoms with Crippen LogP contribution in [0.15, 0.2) is 18.2 Å². The molecule has 1 unspecified atom stereocenters. The van der Waals surface area contributed by atoms with Crippen LogP contribution in [0.1, 0.15) is 26.7 Å². The lowest BCUT2D eigenvalue weighted by Gasteiger charge is -2.29. The van der Waals surface area contributed by atoms with Crippen molar-refractivity contribution >= 4 is 24.0 Å². The zero-order valence-electron chi connectivity index (χ0n) is 12.3. The van der Waals surface area contributed by atoms with Gasteiger partial charge in [0.25, 0.3) is 0 Å². The van der Waals surface area contributed by atoms with Crippen LogP contribution in [0.25, 0.3) is 0 Å². The standard InChI is InChI=1S/C14H21FN2O2.ClH/c1-5-8-14(2,16)13(18)17(3)10-6-7-12(19-4)11(15)9-10;/h6-7,9H,5,8,16H2,1-4H3;1H. The molecule has 114 valence electrons. The Labute approximate surface area is 125 Å². The molecule has 1 atom stereocenters. The predicted octanol–water partition coefficient (Wildman–Crippen LogP) is 2.74. The molecule has 0 radical (unpaired) electrons. The second-order valence-electron chi connectivity index (χ2n) is 4.85. The fourth-order valence-electron chi connectivity index (χ4n) is 1.99. The van der Waals surface area contributed by atoms with E-state index >= 15 is 0 Å². The number of anilines is 1. The first-order valence-electron chi connectivity index (χ1n) is 6.24. The number of ether oxygens (including phenoxy) is 1. The lowest BCUT2D eigenvalue weighted by Crippen LogP contribution is -2.52. The van der Waals surface area contributed by atoms with Crippen molar-refractivity contribution in [2.45, 2.75) is 32.2 Å². The summed E-state index contributed by atoms with van der Waals surface area (Å²) < 4.78 is 18.5. The molecule has 0 aliphatic heterocycles. The zero-order valence-corrected chi connectivity index (χ0v) is 13.1. The van der Waals surface area contributed by atoms with Gasteiger partial charge in [-0.1, -0.05) is 13.3 Å². The fourth-order valence-corrected chi connectivity index (χ4v) is 1.99. The molecule has 2 N–H and O–H groups in total. The second-order valence-corrected chi connectivity index (χ2v) is 4.85. The first-order chi connectivity index (χ1) is 8.83. The third kappa shape index (κ3) is 4.08. The molecular weight excluding hydrogens is 283 g/mol. The summed E-state index contributed by atoms with van der Waals surface area (Å²) >= 11 is 0. The quantitative estimate of drug-likeness (QED) is 0.910. The molecule has 1 rings (SSSR count). The van der Waals surface area contributed by atoms with Crippen molar-refractivity contribution in [3.63, 3.8) is 0 Å². The Morgan fingerprint density at radius 3 is 2.55 bits per heavy atom. The molecule has 6 heteroatoms. The highest BCUT2D eigenvalue weighted by molar-refractivity contribution is 5.99. The lowest BCUT2D eigenvalue weighted by molar-refractivity contribution is -0.123. The molecule has 0 saturated carbocycles. The topological polar surface area (TPSA) is 55.6 Å². The van der Waals surface area contributed by atoms with Gasteiger partial charge in [-0.05, 0) is 25.5 Å². The van der Waals surface area contributed by atoms with E-state index in [1.165, 1.54) is 24.1 Å². The predicted molar refractivity (Wildman–Crippen MR) is 81.1 cm³/mol. The molecule has 0 heterocycles. The number of likely N-dealkylation sites (N-methyl/N-ethyl adjacent to an activating group) is 1. The van der Waals surface area contributed by atoms with E-state index in [4.69, 9.17) is 10.5 Å². The monoisotopic (exact) mass is 304 g/mol. The third-order valence-corrected chi connectivity index (χ3v) is 3.09. The van der Waals surface area contributed by atoms with Crippen LogP contribution in [-0.4, -0.2) is 25.6 Å². The molecule has 0 saturated heterocycles. The number of methoxy groups -OCH3 is 1. The summed E-state index contributed by atoms with van der Waals surface area (Å²) in [6.07, 6.45) is 1.39. The lowest BCUT2D eigenvalue weighted by atomic mass is 9.95. The van der Waals surface area contributed by atoms with E-state index in [0.29, 0.717) is 12.1 Å². The van der Waals surface area contributed by atoms with E-state index in [-0.39, 0.29) is 24.1 Å². The van der Waals surface area contributed by atoms with E-state index in [9.17, 15) is 9.18 Å². The first kappa shape index (κ1) is 18.7. The molecule has 20 heavy (non-hydrogen) atoms. The van der Waals surface area contributed by atoms with Crippen LogP contribution in [0.3, 0.4) is 0 Å². The second kappa shape index (κ2) is 7.45. The van der Waals surface area contributed by atoms with Crippen molar-refractivity contribution in [2.75, 3.05) is 19.1 Å². The number of hydrogen-bond acceptors (Lipinski definition) is 3. The number of hydrogen-bond donors (Lipinski definition) is 1. The van der Waals surface area contributed by atoms with Gasteiger partial charge in [-0.25, -0.2) is 4.39 Å². The zero-order chi connectivity index (χ0) is 14.6. The smallest absolute Gasteiger partial charge is 0.246 e. The summed E-state index contributed by atoms with van der Waals surface area (Å²) in [5.74, 6) is -0.596. The molecule has 0 bridgehead atoms. The number of carbonyl (C=O) groups excluding carboxylic acids is 1. The molecule has 4 nitrogen and oxygen atoms in total. The van der Waals surface area contributed by atoms with Crippen LogP contribution in [0.4, 0.5) is 10.1 Å². The van der Waals surface area contributed by atoms with Crippen LogP contribution < -0.4 is 15.4 Å². The molecule has 0 aromatic heterocycles. The van der Waals surface area contributed by atoms with Crippen LogP contribution >= 0.6 is 12.4 Å². The highest BCUT2D eigenvalue weighted by Gasteiger charge is 2.31. The van der Waals surface area contributed by atoms with Gasteiger partial charge < -0.3 is 15.4 Å². The SMILES string of the molecule is CCCC(C)(N)C(=O)N(C)c1ccc(OC)c(F)c1.Cl. The Morgan fingerprint density at radius 1 is 1.50 bits per heavy atom. The molecule has 0 aliphatic rings. The normalized spacial score (nSPS) is 13.1. The molecular formula is C14H22ClFN2O2. The van der Waals surface area contributed by atoms with Gasteiger partial charge in [-0.2, -0.15) is 0 Å². The van der Waals surface area contributed by atoms with E-state index in [1.807, 2.05) is 6.92 Å². The van der Waals surface area contributed by atoms with Crippen LogP contribution in [0, 0.1) is 5.82 Å². The molecule has 1 aromatic rings. The Morgan fingerprint density at radius 2 is 2.10 bits per heavy atom. The summed E-state index contributed by atoms with van der Waals surface area (Å²) in [6, 6.07) is 4.38. The van der Waals surface area contributed by atoms with E-state index in [2.05, 4.69) is 0 Å². The molecule has 0 aliphatic carbocycles. The van der Waals surface area contributed by atoms with Gasteiger partial charge in [0.2, 0.25) is 5.91 Å². The first-order valence-corrected chi connectivity index (χ1v) is 6.24. The largest absolute Gasteiger partial charge is 0.494 e. The van der Waals surface area contributed by atoms with Gasteiger partial charge in [-0.15, -0.1) is 12.4 Å². The van der Waals surface area contributed by atoms with Crippen LogP contribution in [-0.2, 0) is 4.79 Å². The highest BCUT2D eigenvalue weighted by Crippen LogP contribution is 2.24. The van der Waals surface area contributed by atoms with Gasteiger partial charge in [0, 0.05) is 18.8 Å². The Hall–Kier alpha value is -1.33. The number of halogens is 2. The van der Waals surface area contributed by atoms with Crippen molar-refractivity contribution in [3.8, 4) is 5.75 Å². The molecule has 1 amide bonds. The van der Waals surface area contributed by atoms with E-state index in [1.54, 1.807) is 20.0 Å². The number of nitrogens with zero attached hydrogens (tertiary/aromatic N) is 1. The third-order valence-electron chi connectivity index (χ3n) is 3.09. The average Bonchev–Trinajstić information content (AvgIpc) is 2.36. The summed E-state index contributed by atoms with van der Waals surface area (Å²) in [6.45, 7) is 3.65. The van der Waals surface area contributed by atoms with Crippen LogP contribution in [0.5, 0.6) is 5.75 Å².